The van der Waals surface area contributed by atoms with Crippen LogP contribution in [-0.2, 0) is 11.3 Å². The summed E-state index contributed by atoms with van der Waals surface area (Å²) in [7, 11) is 1.80. The molecule has 25 heavy (non-hydrogen) atoms. The Balaban J connectivity index is 1.39. The molecule has 1 aromatic carbocycles. The van der Waals surface area contributed by atoms with Crippen LogP contribution < -0.4 is 0 Å². The second-order valence-electron chi connectivity index (χ2n) is 6.92. The van der Waals surface area contributed by atoms with E-state index in [1.807, 2.05) is 30.3 Å². The Morgan fingerprint density at radius 3 is 2.80 bits per heavy atom. The fourth-order valence-corrected chi connectivity index (χ4v) is 3.65. The highest BCUT2D eigenvalue weighted by Gasteiger charge is 2.44. The summed E-state index contributed by atoms with van der Waals surface area (Å²) in [5, 5.41) is 4.11. The highest BCUT2D eigenvalue weighted by Crippen LogP contribution is 2.32. The summed E-state index contributed by atoms with van der Waals surface area (Å²) in [6, 6.07) is 9.78. The summed E-state index contributed by atoms with van der Waals surface area (Å²) >= 11 is 0. The Hall–Kier alpha value is -2.41. The molecule has 0 bridgehead atoms. The highest BCUT2D eigenvalue weighted by atomic mass is 16.6. The first-order chi connectivity index (χ1) is 12.1. The third-order valence-corrected chi connectivity index (χ3v) is 4.99. The maximum absolute atomic E-state index is 11.7. The zero-order valence-corrected chi connectivity index (χ0v) is 14.4. The summed E-state index contributed by atoms with van der Waals surface area (Å²) in [6.07, 6.45) is 2.53. The molecule has 132 valence electrons. The molecule has 0 N–H and O–H groups in total. The van der Waals surface area contributed by atoms with Crippen molar-refractivity contribution in [2.45, 2.75) is 31.4 Å². The topological polar surface area (TPSA) is 71.7 Å². The number of likely N-dealkylation sites (tertiary alicyclic amines) is 1. The van der Waals surface area contributed by atoms with Crippen molar-refractivity contribution >= 4 is 6.09 Å². The number of carbonyl (C=O) groups is 1. The van der Waals surface area contributed by atoms with Crippen molar-refractivity contribution in [1.29, 1.82) is 0 Å². The van der Waals surface area contributed by atoms with E-state index < -0.39 is 0 Å². The van der Waals surface area contributed by atoms with Crippen LogP contribution >= 0.6 is 0 Å². The number of likely N-dealkylation sites (N-methyl/N-ethyl adjacent to an activating group) is 1. The van der Waals surface area contributed by atoms with E-state index in [1.165, 1.54) is 0 Å². The summed E-state index contributed by atoms with van der Waals surface area (Å²) < 4.78 is 11.0. The van der Waals surface area contributed by atoms with Crippen LogP contribution in [0.1, 0.15) is 25.1 Å². The lowest BCUT2D eigenvalue weighted by atomic mass is 9.95. The van der Waals surface area contributed by atoms with Gasteiger partial charge in [-0.3, -0.25) is 4.90 Å². The van der Waals surface area contributed by atoms with E-state index in [0.717, 1.165) is 37.9 Å². The Kier molecular flexibility index (Phi) is 4.17. The quantitative estimate of drug-likeness (QED) is 0.854. The van der Waals surface area contributed by atoms with Crippen molar-refractivity contribution in [1.82, 2.24) is 19.9 Å². The van der Waals surface area contributed by atoms with Gasteiger partial charge in [0.15, 0.2) is 5.82 Å². The average Bonchev–Trinajstić information content (AvgIpc) is 3.12. The number of hydrogen-bond donors (Lipinski definition) is 0. The van der Waals surface area contributed by atoms with E-state index in [1.54, 1.807) is 11.9 Å². The Bertz CT molecular complexity index is 748. The first-order valence-corrected chi connectivity index (χ1v) is 8.68. The molecule has 1 atom stereocenters. The molecule has 2 aliphatic rings. The molecule has 1 amide bonds. The molecule has 1 aromatic heterocycles. The molecule has 0 saturated carbocycles. The number of ether oxygens (including phenoxy) is 1. The van der Waals surface area contributed by atoms with Gasteiger partial charge in [0, 0.05) is 25.6 Å². The van der Waals surface area contributed by atoms with E-state index in [4.69, 9.17) is 9.26 Å². The molecule has 0 aliphatic carbocycles. The summed E-state index contributed by atoms with van der Waals surface area (Å²) in [5.74, 6) is 1.24. The molecule has 1 spiro atoms. The van der Waals surface area contributed by atoms with Crippen molar-refractivity contribution in [2.75, 3.05) is 26.7 Å². The lowest BCUT2D eigenvalue weighted by Gasteiger charge is -2.25. The minimum atomic E-state index is -0.326. The van der Waals surface area contributed by atoms with Gasteiger partial charge < -0.3 is 14.2 Å². The average molecular weight is 342 g/mol. The first kappa shape index (κ1) is 16.1. The SMILES string of the molecule is CN1C[C@@]2(CCCN(Cc3noc(-c4ccccc4)n3)CC2)OC1=O. The molecule has 7 nitrogen and oxygen atoms in total. The number of rotatable bonds is 3. The van der Waals surface area contributed by atoms with Gasteiger partial charge >= 0.3 is 6.09 Å². The third-order valence-electron chi connectivity index (χ3n) is 4.99. The summed E-state index contributed by atoms with van der Waals surface area (Å²) in [5.41, 5.74) is 0.601. The third kappa shape index (κ3) is 3.37. The number of hydrogen-bond acceptors (Lipinski definition) is 6. The van der Waals surface area contributed by atoms with Crippen molar-refractivity contribution in [2.24, 2.45) is 0 Å². The van der Waals surface area contributed by atoms with Crippen LogP contribution in [0.25, 0.3) is 11.5 Å². The van der Waals surface area contributed by atoms with Gasteiger partial charge in [-0.1, -0.05) is 23.4 Å². The number of amides is 1. The normalized spacial score (nSPS) is 24.5. The Morgan fingerprint density at radius 1 is 1.20 bits per heavy atom. The van der Waals surface area contributed by atoms with Crippen molar-refractivity contribution in [3.63, 3.8) is 0 Å². The van der Waals surface area contributed by atoms with Gasteiger partial charge in [-0.25, -0.2) is 4.79 Å². The minimum Gasteiger partial charge on any atom is -0.441 e. The minimum absolute atomic E-state index is 0.209. The monoisotopic (exact) mass is 342 g/mol. The van der Waals surface area contributed by atoms with Gasteiger partial charge in [0.25, 0.3) is 5.89 Å². The Morgan fingerprint density at radius 2 is 2.04 bits per heavy atom. The van der Waals surface area contributed by atoms with Crippen molar-refractivity contribution < 1.29 is 14.1 Å². The van der Waals surface area contributed by atoms with Gasteiger partial charge in [0.05, 0.1) is 13.1 Å². The van der Waals surface area contributed by atoms with Crippen LogP contribution in [0.5, 0.6) is 0 Å². The second kappa shape index (κ2) is 6.48. The van der Waals surface area contributed by atoms with Gasteiger partial charge in [-0.05, 0) is 31.5 Å². The van der Waals surface area contributed by atoms with Crippen LogP contribution in [0.4, 0.5) is 4.79 Å². The summed E-state index contributed by atoms with van der Waals surface area (Å²) in [6.45, 7) is 3.13. The lowest BCUT2D eigenvalue weighted by Crippen LogP contribution is -2.35. The molecule has 4 rings (SSSR count). The van der Waals surface area contributed by atoms with Crippen LogP contribution in [-0.4, -0.2) is 58.3 Å². The number of carbonyl (C=O) groups excluding carboxylic acids is 1. The van der Waals surface area contributed by atoms with E-state index >= 15 is 0 Å². The zero-order chi connectivity index (χ0) is 17.3. The van der Waals surface area contributed by atoms with E-state index in [-0.39, 0.29) is 11.7 Å². The molecule has 7 heteroatoms. The van der Waals surface area contributed by atoms with Gasteiger partial charge in [-0.2, -0.15) is 4.98 Å². The number of nitrogens with zero attached hydrogens (tertiary/aromatic N) is 4. The largest absolute Gasteiger partial charge is 0.441 e. The fourth-order valence-electron chi connectivity index (χ4n) is 3.65. The molecule has 3 heterocycles. The van der Waals surface area contributed by atoms with Crippen LogP contribution in [0.2, 0.25) is 0 Å². The number of aromatic nitrogens is 2. The van der Waals surface area contributed by atoms with E-state index in [0.29, 0.717) is 24.8 Å². The molecular formula is C18H22N4O3. The fraction of sp³-hybridized carbons (Fsp3) is 0.500. The predicted molar refractivity (Wildman–Crippen MR) is 90.7 cm³/mol. The van der Waals surface area contributed by atoms with E-state index in [9.17, 15) is 4.79 Å². The maximum Gasteiger partial charge on any atom is 0.410 e. The van der Waals surface area contributed by atoms with Crippen molar-refractivity contribution in [3.05, 3.63) is 36.2 Å². The Labute approximate surface area is 146 Å². The molecule has 0 radical (unpaired) electrons. The van der Waals surface area contributed by atoms with Crippen LogP contribution in [0.15, 0.2) is 34.9 Å². The first-order valence-electron chi connectivity index (χ1n) is 8.68. The molecule has 0 unspecified atom stereocenters. The van der Waals surface area contributed by atoms with Crippen LogP contribution in [0, 0.1) is 0 Å². The van der Waals surface area contributed by atoms with Crippen LogP contribution in [0.3, 0.4) is 0 Å². The molecule has 2 fully saturated rings. The second-order valence-corrected chi connectivity index (χ2v) is 6.92. The maximum atomic E-state index is 11.7. The predicted octanol–water partition coefficient (Wildman–Crippen LogP) is 2.54. The smallest absolute Gasteiger partial charge is 0.410 e. The zero-order valence-electron chi connectivity index (χ0n) is 14.4. The van der Waals surface area contributed by atoms with Gasteiger partial charge in [0.1, 0.15) is 5.60 Å². The summed E-state index contributed by atoms with van der Waals surface area (Å²) in [4.78, 5) is 20.2. The van der Waals surface area contributed by atoms with E-state index in [2.05, 4.69) is 15.0 Å². The lowest BCUT2D eigenvalue weighted by molar-refractivity contribution is 0.0442. The number of benzene rings is 1. The van der Waals surface area contributed by atoms with Crippen molar-refractivity contribution in [3.8, 4) is 11.5 Å². The molecule has 2 aliphatic heterocycles. The molecule has 2 saturated heterocycles. The molecule has 2 aromatic rings. The molecular weight excluding hydrogens is 320 g/mol. The van der Waals surface area contributed by atoms with Gasteiger partial charge in [-0.15, -0.1) is 0 Å². The highest BCUT2D eigenvalue weighted by molar-refractivity contribution is 5.70. The van der Waals surface area contributed by atoms with Gasteiger partial charge in [0.2, 0.25) is 0 Å². The standard InChI is InChI=1S/C18H22N4O3/c1-21-13-18(24-17(21)23)8-5-10-22(11-9-18)12-15-19-16(25-20-15)14-6-3-2-4-7-14/h2-4,6-7H,5,8-13H2,1H3/t18-/m0/s1.